The Labute approximate surface area is 157 Å². The second kappa shape index (κ2) is 8.56. The van der Waals surface area contributed by atoms with Crippen molar-refractivity contribution in [3.05, 3.63) is 94.2 Å². The van der Waals surface area contributed by atoms with Crippen molar-refractivity contribution >= 4 is 23.0 Å². The summed E-state index contributed by atoms with van der Waals surface area (Å²) in [5.74, 6) is -0.372. The van der Waals surface area contributed by atoms with Crippen LogP contribution in [0.25, 0.3) is 0 Å². The molecular formula is C21H20N2O2S. The molecule has 2 aromatic carbocycles. The maximum atomic E-state index is 13.0. The molecule has 0 saturated heterocycles. The Morgan fingerprint density at radius 2 is 1.62 bits per heavy atom. The van der Waals surface area contributed by atoms with Gasteiger partial charge in [0.05, 0.1) is 4.88 Å². The first-order valence-corrected chi connectivity index (χ1v) is 9.21. The minimum absolute atomic E-state index is 0.131. The number of amides is 1. The number of rotatable bonds is 7. The van der Waals surface area contributed by atoms with Crippen molar-refractivity contribution in [1.29, 1.82) is 0 Å². The van der Waals surface area contributed by atoms with Crippen LogP contribution in [0.3, 0.4) is 0 Å². The lowest BCUT2D eigenvalue weighted by molar-refractivity contribution is 0.0720. The van der Waals surface area contributed by atoms with E-state index in [0.29, 0.717) is 17.0 Å². The van der Waals surface area contributed by atoms with Crippen molar-refractivity contribution in [3.8, 4) is 0 Å². The third-order valence-electron chi connectivity index (χ3n) is 4.04. The lowest BCUT2D eigenvalue weighted by Gasteiger charge is -2.27. The molecule has 5 heteroatoms. The summed E-state index contributed by atoms with van der Waals surface area (Å²) < 4.78 is 0. The fraction of sp³-hybridized carbons (Fsp3) is 0.143. The van der Waals surface area contributed by atoms with Gasteiger partial charge >= 0.3 is 0 Å². The topological polar surface area (TPSA) is 49.4 Å². The van der Waals surface area contributed by atoms with Gasteiger partial charge < -0.3 is 5.32 Å². The Bertz CT molecular complexity index is 848. The maximum absolute atomic E-state index is 13.0. The van der Waals surface area contributed by atoms with Crippen LogP contribution >= 0.6 is 11.3 Å². The van der Waals surface area contributed by atoms with E-state index in [-0.39, 0.29) is 11.7 Å². The molecule has 26 heavy (non-hydrogen) atoms. The number of ketones is 1. The van der Waals surface area contributed by atoms with Crippen LogP contribution in [0.4, 0.5) is 0 Å². The molecule has 0 aliphatic rings. The van der Waals surface area contributed by atoms with Crippen molar-refractivity contribution in [2.24, 2.45) is 0 Å². The standard InChI is InChI=1S/C21H20N2O2S/c1-23(15-16-9-4-2-5-10-16)20(19(24)17-11-6-3-7-12-17)22-21(25)18-13-8-14-26-18/h2-14,20H,15H2,1H3,(H,22,25)/t20-/m1/s1. The molecule has 1 aromatic heterocycles. The number of thiophene rings is 1. The number of nitrogens with zero attached hydrogens (tertiary/aromatic N) is 1. The molecule has 4 nitrogen and oxygen atoms in total. The smallest absolute Gasteiger partial charge is 0.262 e. The summed E-state index contributed by atoms with van der Waals surface area (Å²) in [4.78, 5) is 28.0. The predicted octanol–water partition coefficient (Wildman–Crippen LogP) is 3.82. The summed E-state index contributed by atoms with van der Waals surface area (Å²) >= 11 is 1.35. The van der Waals surface area contributed by atoms with E-state index in [9.17, 15) is 9.59 Å². The van der Waals surface area contributed by atoms with Crippen molar-refractivity contribution in [1.82, 2.24) is 10.2 Å². The normalized spacial score (nSPS) is 11.9. The first-order chi connectivity index (χ1) is 12.6. The Morgan fingerprint density at radius 3 is 2.23 bits per heavy atom. The number of nitrogens with one attached hydrogen (secondary N) is 1. The first-order valence-electron chi connectivity index (χ1n) is 8.33. The SMILES string of the molecule is CN(Cc1ccccc1)[C@@H](NC(=O)c1cccs1)C(=O)c1ccccc1. The van der Waals surface area contributed by atoms with Crippen molar-refractivity contribution in [2.45, 2.75) is 12.7 Å². The third-order valence-corrected chi connectivity index (χ3v) is 4.90. The second-order valence-corrected chi connectivity index (χ2v) is 6.93. The Morgan fingerprint density at radius 1 is 0.962 bits per heavy atom. The zero-order valence-corrected chi connectivity index (χ0v) is 15.3. The number of hydrogen-bond acceptors (Lipinski definition) is 4. The lowest BCUT2D eigenvalue weighted by atomic mass is 10.1. The molecule has 0 bridgehead atoms. The van der Waals surface area contributed by atoms with Crippen LogP contribution in [-0.4, -0.2) is 29.8 Å². The van der Waals surface area contributed by atoms with Gasteiger partial charge in [0.1, 0.15) is 6.17 Å². The number of hydrogen-bond donors (Lipinski definition) is 1. The van der Waals surface area contributed by atoms with Gasteiger partial charge in [-0.15, -0.1) is 11.3 Å². The van der Waals surface area contributed by atoms with Crippen LogP contribution in [0.15, 0.2) is 78.2 Å². The Kier molecular flexibility index (Phi) is 5.94. The second-order valence-electron chi connectivity index (χ2n) is 5.98. The third kappa shape index (κ3) is 4.45. The molecule has 1 heterocycles. The first kappa shape index (κ1) is 18.0. The van der Waals surface area contributed by atoms with Gasteiger partial charge in [0.15, 0.2) is 5.78 Å². The summed E-state index contributed by atoms with van der Waals surface area (Å²) in [5.41, 5.74) is 1.65. The van der Waals surface area contributed by atoms with Crippen molar-refractivity contribution < 1.29 is 9.59 Å². The molecule has 3 aromatic rings. The van der Waals surface area contributed by atoms with E-state index < -0.39 is 6.17 Å². The molecular weight excluding hydrogens is 344 g/mol. The van der Waals surface area contributed by atoms with Crippen LogP contribution in [0.1, 0.15) is 25.6 Å². The van der Waals surface area contributed by atoms with Crippen molar-refractivity contribution in [2.75, 3.05) is 7.05 Å². The molecule has 0 fully saturated rings. The summed E-state index contributed by atoms with van der Waals surface area (Å²) in [5, 5.41) is 4.73. The minimum atomic E-state index is -0.743. The molecule has 0 radical (unpaired) electrons. The average Bonchev–Trinajstić information content (AvgIpc) is 3.22. The van der Waals surface area contributed by atoms with E-state index in [4.69, 9.17) is 0 Å². The number of carbonyl (C=O) groups excluding carboxylic acids is 2. The van der Waals surface area contributed by atoms with Gasteiger partial charge in [0.25, 0.3) is 5.91 Å². The van der Waals surface area contributed by atoms with Gasteiger partial charge in [-0.2, -0.15) is 0 Å². The van der Waals surface area contributed by atoms with E-state index in [0.717, 1.165) is 5.56 Å². The lowest BCUT2D eigenvalue weighted by Crippen LogP contribution is -2.51. The van der Waals surface area contributed by atoms with Gasteiger partial charge in [0, 0.05) is 12.1 Å². The van der Waals surface area contributed by atoms with E-state index in [1.807, 2.05) is 71.9 Å². The summed E-state index contributed by atoms with van der Waals surface area (Å²) in [6.07, 6.45) is -0.743. The highest BCUT2D eigenvalue weighted by Crippen LogP contribution is 2.13. The fourth-order valence-corrected chi connectivity index (χ4v) is 3.33. The zero-order chi connectivity index (χ0) is 18.4. The summed E-state index contributed by atoms with van der Waals surface area (Å²) in [7, 11) is 1.84. The molecule has 3 rings (SSSR count). The molecule has 0 aliphatic carbocycles. The number of benzene rings is 2. The highest BCUT2D eigenvalue weighted by Gasteiger charge is 2.27. The summed E-state index contributed by atoms with van der Waals surface area (Å²) in [6.45, 7) is 0.550. The van der Waals surface area contributed by atoms with E-state index >= 15 is 0 Å². The van der Waals surface area contributed by atoms with Crippen molar-refractivity contribution in [3.63, 3.8) is 0 Å². The maximum Gasteiger partial charge on any atom is 0.262 e. The number of carbonyl (C=O) groups is 2. The van der Waals surface area contributed by atoms with E-state index in [1.165, 1.54) is 11.3 Å². The quantitative estimate of drug-likeness (QED) is 0.512. The highest BCUT2D eigenvalue weighted by atomic mass is 32.1. The molecule has 0 aliphatic heterocycles. The molecule has 0 spiro atoms. The van der Waals surface area contributed by atoms with Crippen LogP contribution < -0.4 is 5.32 Å². The monoisotopic (exact) mass is 364 g/mol. The van der Waals surface area contributed by atoms with Gasteiger partial charge in [-0.3, -0.25) is 14.5 Å². The van der Waals surface area contributed by atoms with E-state index in [2.05, 4.69) is 5.32 Å². The molecule has 0 unspecified atom stereocenters. The summed E-state index contributed by atoms with van der Waals surface area (Å²) in [6, 6.07) is 22.5. The van der Waals surface area contributed by atoms with Crippen LogP contribution in [0, 0.1) is 0 Å². The average molecular weight is 364 g/mol. The Hall–Kier alpha value is -2.76. The van der Waals surface area contributed by atoms with Gasteiger partial charge in [-0.1, -0.05) is 66.7 Å². The molecule has 1 N–H and O–H groups in total. The fourth-order valence-electron chi connectivity index (χ4n) is 2.70. The van der Waals surface area contributed by atoms with Gasteiger partial charge in [-0.25, -0.2) is 0 Å². The van der Waals surface area contributed by atoms with Crippen LogP contribution in [-0.2, 0) is 6.54 Å². The van der Waals surface area contributed by atoms with Crippen LogP contribution in [0.5, 0.6) is 0 Å². The molecule has 1 atom stereocenters. The number of likely N-dealkylation sites (N-methyl/N-ethyl adjacent to an activating group) is 1. The Balaban J connectivity index is 1.82. The molecule has 0 saturated carbocycles. The zero-order valence-electron chi connectivity index (χ0n) is 14.5. The minimum Gasteiger partial charge on any atom is -0.329 e. The molecule has 132 valence electrons. The van der Waals surface area contributed by atoms with Crippen LogP contribution in [0.2, 0.25) is 0 Å². The molecule has 1 amide bonds. The van der Waals surface area contributed by atoms with E-state index in [1.54, 1.807) is 18.2 Å². The largest absolute Gasteiger partial charge is 0.329 e. The van der Waals surface area contributed by atoms with Gasteiger partial charge in [0.2, 0.25) is 0 Å². The van der Waals surface area contributed by atoms with Gasteiger partial charge in [-0.05, 0) is 24.1 Å². The number of Topliss-reactive ketones (excluding diaryl/α,β-unsaturated/α-hetero) is 1. The predicted molar refractivity (Wildman–Crippen MR) is 104 cm³/mol. The highest BCUT2D eigenvalue weighted by molar-refractivity contribution is 7.12.